The van der Waals surface area contributed by atoms with Crippen molar-refractivity contribution in [3.63, 3.8) is 0 Å². The Balaban J connectivity index is 2.78. The minimum absolute atomic E-state index is 0.252. The average molecular weight is 446 g/mol. The minimum Gasteiger partial charge on any atom is -0.348 e. The summed E-state index contributed by atoms with van der Waals surface area (Å²) < 4.78 is 28.3. The molecule has 0 aromatic heterocycles. The molecule has 0 spiro atoms. The van der Waals surface area contributed by atoms with Crippen molar-refractivity contribution in [2.24, 2.45) is 0 Å². The summed E-state index contributed by atoms with van der Waals surface area (Å²) in [5.41, 5.74) is 7.31. The second kappa shape index (κ2) is 12.0. The highest BCUT2D eigenvalue weighted by atomic mass is 19.1. The number of allylic oxidation sites excluding steroid dienone is 14. The summed E-state index contributed by atoms with van der Waals surface area (Å²) in [4.78, 5) is 2.01. The quantitative estimate of drug-likeness (QED) is 0.344. The van der Waals surface area contributed by atoms with E-state index in [1.165, 1.54) is 23.8 Å². The molecule has 0 N–H and O–H groups in total. The molecule has 1 aliphatic carbocycles. The summed E-state index contributed by atoms with van der Waals surface area (Å²) >= 11 is 0. The van der Waals surface area contributed by atoms with Crippen molar-refractivity contribution >= 4 is 5.57 Å². The Morgan fingerprint density at radius 3 is 2.42 bits per heavy atom. The van der Waals surface area contributed by atoms with E-state index in [1.54, 1.807) is 25.1 Å². The van der Waals surface area contributed by atoms with Crippen molar-refractivity contribution in [1.82, 2.24) is 4.90 Å². The topological polar surface area (TPSA) is 3.24 Å². The Kier molecular flexibility index (Phi) is 9.35. The van der Waals surface area contributed by atoms with Crippen LogP contribution in [0.1, 0.15) is 37.8 Å². The summed E-state index contributed by atoms with van der Waals surface area (Å²) in [5, 5.41) is 0. The van der Waals surface area contributed by atoms with E-state index < -0.39 is 5.83 Å². The molecule has 0 fully saturated rings. The third-order valence-electron chi connectivity index (χ3n) is 5.93. The van der Waals surface area contributed by atoms with Crippen LogP contribution in [-0.4, -0.2) is 11.9 Å². The molecule has 0 radical (unpaired) electrons. The Labute approximate surface area is 197 Å². The molecule has 2 rings (SSSR count). The van der Waals surface area contributed by atoms with Crippen LogP contribution in [0, 0.1) is 12.7 Å². The molecule has 0 saturated carbocycles. The fourth-order valence-electron chi connectivity index (χ4n) is 3.95. The molecule has 1 aliphatic rings. The second-order valence-electron chi connectivity index (χ2n) is 7.83. The lowest BCUT2D eigenvalue weighted by molar-refractivity contribution is 0.495. The van der Waals surface area contributed by atoms with Crippen LogP contribution in [0.25, 0.3) is 5.57 Å². The monoisotopic (exact) mass is 445 g/mol. The number of likely N-dealkylation sites (N-methyl/N-ethyl adjacent to an activating group) is 1. The Morgan fingerprint density at radius 2 is 1.82 bits per heavy atom. The zero-order valence-corrected chi connectivity index (χ0v) is 20.1. The summed E-state index contributed by atoms with van der Waals surface area (Å²) in [7, 11) is 1.93. The number of nitrogens with zero attached hydrogens (tertiary/aromatic N) is 1. The maximum absolute atomic E-state index is 14.3. The maximum Gasteiger partial charge on any atom is 0.126 e. The molecule has 0 amide bonds. The predicted molar refractivity (Wildman–Crippen MR) is 139 cm³/mol. The number of benzene rings is 1. The highest BCUT2D eigenvalue weighted by Crippen LogP contribution is 2.37. The van der Waals surface area contributed by atoms with Gasteiger partial charge in [-0.05, 0) is 91.3 Å². The fourth-order valence-corrected chi connectivity index (χ4v) is 3.95. The lowest BCUT2D eigenvalue weighted by atomic mass is 9.86. The molecule has 172 valence electrons. The number of hydrogen-bond donors (Lipinski definition) is 0. The standard InChI is InChI=1S/C30H33F2N/c1-8-12-14-24-17-18-30(33(7)26(11-4)20-25(31)10-3)28(21(24)5)19-23(9-2)27-15-13-16-29(32)22(27)6/h8-16,19-20H,1-3,17-18H2,4-7H3/b14-12-,23-19+,25-20+,26-11+. The van der Waals surface area contributed by atoms with E-state index in [-0.39, 0.29) is 5.82 Å². The Morgan fingerprint density at radius 1 is 1.09 bits per heavy atom. The molecule has 0 heterocycles. The normalized spacial score (nSPS) is 15.9. The first-order valence-electron chi connectivity index (χ1n) is 11.0. The Hall–Kier alpha value is -3.46. The first-order valence-corrected chi connectivity index (χ1v) is 11.0. The van der Waals surface area contributed by atoms with E-state index in [0.29, 0.717) is 5.56 Å². The van der Waals surface area contributed by atoms with Gasteiger partial charge < -0.3 is 4.90 Å². The highest BCUT2D eigenvalue weighted by molar-refractivity contribution is 5.79. The SMILES string of the molecule is C=C/C=C\C1=C(C)C(/C=C(\C=C)c2cccc(F)c2C)=C(N(C)C(/C=C(/F)C=C)=C/C)CC1. The molecule has 3 heteroatoms. The molecule has 1 aromatic rings. The first kappa shape index (κ1) is 25.8. The molecule has 0 atom stereocenters. The largest absolute Gasteiger partial charge is 0.348 e. The van der Waals surface area contributed by atoms with Crippen molar-refractivity contribution < 1.29 is 8.78 Å². The van der Waals surface area contributed by atoms with Crippen LogP contribution in [0.4, 0.5) is 8.78 Å². The molecule has 0 bridgehead atoms. The zero-order chi connectivity index (χ0) is 24.5. The maximum atomic E-state index is 14.3. The van der Waals surface area contributed by atoms with Crippen molar-refractivity contribution in [2.75, 3.05) is 7.05 Å². The van der Waals surface area contributed by atoms with Gasteiger partial charge in [-0.3, -0.25) is 0 Å². The van der Waals surface area contributed by atoms with E-state index in [9.17, 15) is 8.78 Å². The van der Waals surface area contributed by atoms with E-state index in [2.05, 4.69) is 38.8 Å². The van der Waals surface area contributed by atoms with Crippen LogP contribution < -0.4 is 0 Å². The van der Waals surface area contributed by atoms with Gasteiger partial charge in [0.25, 0.3) is 0 Å². The van der Waals surface area contributed by atoms with Gasteiger partial charge in [0, 0.05) is 18.4 Å². The van der Waals surface area contributed by atoms with Gasteiger partial charge >= 0.3 is 0 Å². The van der Waals surface area contributed by atoms with Gasteiger partial charge in [-0.2, -0.15) is 0 Å². The highest BCUT2D eigenvalue weighted by Gasteiger charge is 2.21. The van der Waals surface area contributed by atoms with Gasteiger partial charge in [0.05, 0.1) is 0 Å². The van der Waals surface area contributed by atoms with Crippen molar-refractivity contribution in [2.45, 2.75) is 33.6 Å². The number of rotatable bonds is 9. The van der Waals surface area contributed by atoms with Gasteiger partial charge in [-0.15, -0.1) is 0 Å². The number of hydrogen-bond acceptors (Lipinski definition) is 1. The molecule has 0 unspecified atom stereocenters. The first-order chi connectivity index (χ1) is 15.8. The van der Waals surface area contributed by atoms with Gasteiger partial charge in [0.15, 0.2) is 0 Å². The van der Waals surface area contributed by atoms with Gasteiger partial charge in [-0.25, -0.2) is 8.78 Å². The summed E-state index contributed by atoms with van der Waals surface area (Å²) in [6.45, 7) is 17.0. The average Bonchev–Trinajstić information content (AvgIpc) is 2.82. The Bertz CT molecular complexity index is 1120. The lowest BCUT2D eigenvalue weighted by Crippen LogP contribution is -2.21. The van der Waals surface area contributed by atoms with Crippen LogP contribution in [0.15, 0.2) is 120 Å². The molecule has 1 aromatic carbocycles. The molecular formula is C30H33F2N. The van der Waals surface area contributed by atoms with Crippen molar-refractivity contribution in [3.8, 4) is 0 Å². The van der Waals surface area contributed by atoms with E-state index >= 15 is 0 Å². The minimum atomic E-state index is -0.396. The molecule has 0 saturated heterocycles. The zero-order valence-electron chi connectivity index (χ0n) is 20.1. The smallest absolute Gasteiger partial charge is 0.126 e. The molecule has 1 nitrogen and oxygen atoms in total. The van der Waals surface area contributed by atoms with Crippen LogP contribution in [0.5, 0.6) is 0 Å². The third-order valence-corrected chi connectivity index (χ3v) is 5.93. The van der Waals surface area contributed by atoms with Gasteiger partial charge in [0.1, 0.15) is 11.6 Å². The summed E-state index contributed by atoms with van der Waals surface area (Å²) in [6.07, 6.45) is 15.7. The van der Waals surface area contributed by atoms with Crippen molar-refractivity contribution in [1.29, 1.82) is 0 Å². The van der Waals surface area contributed by atoms with Crippen LogP contribution in [0.3, 0.4) is 0 Å². The molecular weight excluding hydrogens is 412 g/mol. The molecule has 33 heavy (non-hydrogen) atoms. The summed E-state index contributed by atoms with van der Waals surface area (Å²) in [6, 6.07) is 5.07. The van der Waals surface area contributed by atoms with Gasteiger partial charge in [0.2, 0.25) is 0 Å². The van der Waals surface area contributed by atoms with Crippen LogP contribution in [0.2, 0.25) is 0 Å². The van der Waals surface area contributed by atoms with Crippen LogP contribution >= 0.6 is 0 Å². The third kappa shape index (κ3) is 6.07. The van der Waals surface area contributed by atoms with Crippen molar-refractivity contribution in [3.05, 3.63) is 137 Å². The second-order valence-corrected chi connectivity index (χ2v) is 7.83. The van der Waals surface area contributed by atoms with Crippen LogP contribution in [-0.2, 0) is 0 Å². The summed E-state index contributed by atoms with van der Waals surface area (Å²) in [5.74, 6) is -0.647. The van der Waals surface area contributed by atoms with Gasteiger partial charge in [-0.1, -0.05) is 62.2 Å². The lowest BCUT2D eigenvalue weighted by Gasteiger charge is -2.31. The van der Waals surface area contributed by atoms with E-state index in [1.807, 2.05) is 37.1 Å². The van der Waals surface area contributed by atoms with E-state index in [4.69, 9.17) is 0 Å². The molecule has 0 aliphatic heterocycles. The number of halogens is 2. The fraction of sp³-hybridized carbons (Fsp3) is 0.200. The van der Waals surface area contributed by atoms with E-state index in [0.717, 1.165) is 46.5 Å². The predicted octanol–water partition coefficient (Wildman–Crippen LogP) is 8.69.